The minimum atomic E-state index is -0.684. The van der Waals surface area contributed by atoms with Gasteiger partial charge in [0, 0.05) is 36.9 Å². The van der Waals surface area contributed by atoms with Crippen LogP contribution in [0.3, 0.4) is 0 Å². The molecule has 34 heavy (non-hydrogen) atoms. The number of carbonyl (C=O) groups is 1. The molecule has 0 saturated heterocycles. The fraction of sp³-hybridized carbons (Fsp3) is 0.192. The molecule has 1 saturated carbocycles. The second-order valence-electron chi connectivity index (χ2n) is 8.68. The van der Waals surface area contributed by atoms with Crippen LogP contribution in [0.2, 0.25) is 0 Å². The van der Waals surface area contributed by atoms with E-state index in [2.05, 4.69) is 25.9 Å². The van der Waals surface area contributed by atoms with Crippen LogP contribution in [0, 0.1) is 17.6 Å². The molecule has 1 N–H and O–H groups in total. The Balaban J connectivity index is 1.48. The Morgan fingerprint density at radius 3 is 2.44 bits per heavy atom. The minimum absolute atomic E-state index is 0.0125. The van der Waals surface area contributed by atoms with Crippen molar-refractivity contribution >= 4 is 27.8 Å². The third-order valence-corrected chi connectivity index (χ3v) is 6.22. The summed E-state index contributed by atoms with van der Waals surface area (Å²) in [4.78, 5) is 22.2. The highest BCUT2D eigenvalue weighted by molar-refractivity contribution is 6.10. The lowest BCUT2D eigenvalue weighted by Crippen LogP contribution is -2.25. The van der Waals surface area contributed by atoms with E-state index in [-0.39, 0.29) is 12.5 Å². The first-order chi connectivity index (χ1) is 16.6. The summed E-state index contributed by atoms with van der Waals surface area (Å²) in [6.07, 6.45) is 5.67. The van der Waals surface area contributed by atoms with Crippen molar-refractivity contribution in [2.24, 2.45) is 5.92 Å². The van der Waals surface area contributed by atoms with E-state index in [0.29, 0.717) is 23.1 Å². The molecule has 0 bridgehead atoms. The second kappa shape index (κ2) is 8.06. The Hall–Kier alpha value is -4.07. The van der Waals surface area contributed by atoms with Gasteiger partial charge in [-0.05, 0) is 54.7 Å². The molecular weight excluding hydrogens is 436 g/mol. The molecule has 170 valence electrons. The lowest BCUT2D eigenvalue weighted by atomic mass is 10.2. The number of aromatic nitrogens is 4. The van der Waals surface area contributed by atoms with Crippen LogP contribution in [0.25, 0.3) is 27.9 Å². The fourth-order valence-electron chi connectivity index (χ4n) is 4.52. The van der Waals surface area contributed by atoms with Crippen molar-refractivity contribution in [2.75, 3.05) is 0 Å². The predicted octanol–water partition coefficient (Wildman–Crippen LogP) is 4.99. The van der Waals surface area contributed by atoms with Crippen LogP contribution in [0.1, 0.15) is 28.9 Å². The molecule has 0 unspecified atom stereocenters. The van der Waals surface area contributed by atoms with Crippen molar-refractivity contribution in [3.8, 4) is 5.95 Å². The van der Waals surface area contributed by atoms with Crippen molar-refractivity contribution < 1.29 is 13.6 Å². The third kappa shape index (κ3) is 3.61. The van der Waals surface area contributed by atoms with Gasteiger partial charge in [0.1, 0.15) is 17.3 Å². The summed E-state index contributed by atoms with van der Waals surface area (Å²) in [5.74, 6) is -0.729. The van der Waals surface area contributed by atoms with E-state index in [0.717, 1.165) is 34.5 Å². The maximum Gasteiger partial charge on any atom is 0.268 e. The summed E-state index contributed by atoms with van der Waals surface area (Å²) in [6.45, 7) is 0.870. The van der Waals surface area contributed by atoms with Gasteiger partial charge in [-0.1, -0.05) is 18.2 Å². The molecule has 5 aromatic rings. The molecule has 0 atom stereocenters. The fourth-order valence-corrected chi connectivity index (χ4v) is 4.52. The van der Waals surface area contributed by atoms with Crippen molar-refractivity contribution in [3.63, 3.8) is 0 Å². The highest BCUT2D eigenvalue weighted by Crippen LogP contribution is 2.37. The van der Waals surface area contributed by atoms with Crippen molar-refractivity contribution in [1.82, 2.24) is 24.4 Å². The van der Waals surface area contributed by atoms with Gasteiger partial charge in [-0.25, -0.2) is 18.7 Å². The van der Waals surface area contributed by atoms with E-state index in [1.807, 2.05) is 24.3 Å². The quantitative estimate of drug-likeness (QED) is 0.391. The summed E-state index contributed by atoms with van der Waals surface area (Å²) in [5.41, 5.74) is 3.61. The third-order valence-electron chi connectivity index (χ3n) is 6.22. The van der Waals surface area contributed by atoms with Gasteiger partial charge in [-0.2, -0.15) is 0 Å². The maximum absolute atomic E-state index is 13.6. The first-order valence-electron chi connectivity index (χ1n) is 11.2. The molecule has 6 rings (SSSR count). The number of rotatable bonds is 6. The van der Waals surface area contributed by atoms with Crippen LogP contribution in [-0.4, -0.2) is 25.0 Å². The first-order valence-corrected chi connectivity index (χ1v) is 11.2. The monoisotopic (exact) mass is 457 g/mol. The number of amides is 1. The molecule has 0 radical (unpaired) electrons. The van der Waals surface area contributed by atoms with Gasteiger partial charge in [0.2, 0.25) is 5.95 Å². The van der Waals surface area contributed by atoms with Crippen LogP contribution < -0.4 is 5.32 Å². The normalized spacial score (nSPS) is 13.6. The maximum atomic E-state index is 13.6. The zero-order valence-electron chi connectivity index (χ0n) is 18.2. The summed E-state index contributed by atoms with van der Waals surface area (Å²) in [6, 6.07) is 14.9. The van der Waals surface area contributed by atoms with Crippen LogP contribution in [0.5, 0.6) is 0 Å². The average molecular weight is 457 g/mol. The summed E-state index contributed by atoms with van der Waals surface area (Å²) in [5, 5.41) is 3.80. The van der Waals surface area contributed by atoms with E-state index in [1.54, 1.807) is 23.0 Å². The van der Waals surface area contributed by atoms with Gasteiger partial charge in [-0.3, -0.25) is 9.36 Å². The molecule has 6 nitrogen and oxygen atoms in total. The SMILES string of the molecule is O=C(NCc1cc(F)cc(F)c1)c1cc2c(c3ccccc3n2CC2CC2)n1-c1ncccn1. The number of nitrogens with one attached hydrogen (secondary N) is 1. The molecule has 3 aromatic heterocycles. The Morgan fingerprint density at radius 2 is 1.71 bits per heavy atom. The molecule has 0 aliphatic heterocycles. The molecule has 0 spiro atoms. The lowest BCUT2D eigenvalue weighted by Gasteiger charge is -2.10. The van der Waals surface area contributed by atoms with Gasteiger partial charge in [0.15, 0.2) is 0 Å². The summed E-state index contributed by atoms with van der Waals surface area (Å²) < 4.78 is 31.2. The molecule has 1 aliphatic rings. The Kier molecular flexibility index (Phi) is 4.86. The number of hydrogen-bond donors (Lipinski definition) is 1. The number of hydrogen-bond acceptors (Lipinski definition) is 3. The molecular formula is C26H21F2N5O. The van der Waals surface area contributed by atoms with Crippen LogP contribution in [0.15, 0.2) is 67.0 Å². The van der Waals surface area contributed by atoms with Gasteiger partial charge >= 0.3 is 0 Å². The van der Waals surface area contributed by atoms with Crippen molar-refractivity contribution in [1.29, 1.82) is 0 Å². The summed E-state index contributed by atoms with van der Waals surface area (Å²) >= 11 is 0. The summed E-state index contributed by atoms with van der Waals surface area (Å²) in [7, 11) is 0. The highest BCUT2D eigenvalue weighted by atomic mass is 19.1. The molecule has 1 amide bonds. The van der Waals surface area contributed by atoms with Crippen LogP contribution >= 0.6 is 0 Å². The molecule has 2 aromatic carbocycles. The predicted molar refractivity (Wildman–Crippen MR) is 125 cm³/mol. The Bertz CT molecular complexity index is 1520. The number of halogens is 2. The Morgan fingerprint density at radius 1 is 0.971 bits per heavy atom. The number of benzene rings is 2. The molecule has 3 heterocycles. The topological polar surface area (TPSA) is 64.7 Å². The molecule has 1 fully saturated rings. The van der Waals surface area contributed by atoms with Gasteiger partial charge in [-0.15, -0.1) is 0 Å². The minimum Gasteiger partial charge on any atom is -0.347 e. The highest BCUT2D eigenvalue weighted by Gasteiger charge is 2.27. The zero-order valence-corrected chi connectivity index (χ0v) is 18.2. The standard InChI is InChI=1S/C26H21F2N5O/c27-18-10-17(11-19(28)12-18)14-31-25(34)23-13-22-24(33(23)26-29-8-3-9-30-26)20-4-1-2-5-21(20)32(22)15-16-6-7-16/h1-5,8-13,16H,6-7,14-15H2,(H,31,34). The van der Waals surface area contributed by atoms with Gasteiger partial charge < -0.3 is 9.88 Å². The smallest absolute Gasteiger partial charge is 0.268 e. The lowest BCUT2D eigenvalue weighted by molar-refractivity contribution is 0.0944. The Labute approximate surface area is 193 Å². The van der Waals surface area contributed by atoms with E-state index in [1.165, 1.54) is 25.0 Å². The second-order valence-corrected chi connectivity index (χ2v) is 8.68. The molecule has 1 aliphatic carbocycles. The van der Waals surface area contributed by atoms with Crippen LogP contribution in [-0.2, 0) is 13.1 Å². The number of fused-ring (bicyclic) bond motifs is 3. The zero-order chi connectivity index (χ0) is 23.2. The first kappa shape index (κ1) is 20.5. The van der Waals surface area contributed by atoms with Crippen LogP contribution in [0.4, 0.5) is 8.78 Å². The average Bonchev–Trinajstić information content (AvgIpc) is 3.50. The van der Waals surface area contributed by atoms with E-state index in [4.69, 9.17) is 0 Å². The number of carbonyl (C=O) groups excluding carboxylic acids is 1. The largest absolute Gasteiger partial charge is 0.347 e. The van der Waals surface area contributed by atoms with Gasteiger partial charge in [0.05, 0.1) is 16.6 Å². The van der Waals surface area contributed by atoms with E-state index in [9.17, 15) is 13.6 Å². The molecule has 8 heteroatoms. The van der Waals surface area contributed by atoms with E-state index >= 15 is 0 Å². The van der Waals surface area contributed by atoms with E-state index < -0.39 is 11.6 Å². The number of nitrogens with zero attached hydrogens (tertiary/aromatic N) is 4. The van der Waals surface area contributed by atoms with Crippen molar-refractivity contribution in [3.05, 3.63) is 89.9 Å². The number of para-hydroxylation sites is 1. The van der Waals surface area contributed by atoms with Gasteiger partial charge in [0.25, 0.3) is 5.91 Å². The van der Waals surface area contributed by atoms with Crippen molar-refractivity contribution in [2.45, 2.75) is 25.9 Å².